The minimum atomic E-state index is -1.23. The largest absolute Gasteiger partial charge is 0.378 e. The van der Waals surface area contributed by atoms with Gasteiger partial charge in [0.05, 0.1) is 6.54 Å². The highest BCUT2D eigenvalue weighted by Crippen LogP contribution is 2.15. The number of benzene rings is 1. The molecule has 1 rings (SSSR count). The molecular formula is C15H22N2O3. The van der Waals surface area contributed by atoms with E-state index in [4.69, 9.17) is 0 Å². The topological polar surface area (TPSA) is 69.6 Å². The Hall–Kier alpha value is -1.88. The van der Waals surface area contributed by atoms with E-state index in [1.165, 1.54) is 4.90 Å². The first-order valence-electron chi connectivity index (χ1n) is 6.76. The van der Waals surface area contributed by atoms with Gasteiger partial charge in [-0.2, -0.15) is 0 Å². The number of aliphatic hydroxyl groups excluding tert-OH is 1. The number of amides is 2. The molecule has 110 valence electrons. The lowest BCUT2D eigenvalue weighted by molar-refractivity contribution is -0.143. The summed E-state index contributed by atoms with van der Waals surface area (Å²) in [4.78, 5) is 25.2. The van der Waals surface area contributed by atoms with Gasteiger partial charge in [0.2, 0.25) is 5.91 Å². The van der Waals surface area contributed by atoms with E-state index in [1.54, 1.807) is 31.2 Å². The third-order valence-electron chi connectivity index (χ3n) is 2.83. The Kier molecular flexibility index (Phi) is 6.18. The molecule has 0 fully saturated rings. The Morgan fingerprint density at radius 1 is 1.25 bits per heavy atom. The molecule has 1 atom stereocenters. The summed E-state index contributed by atoms with van der Waals surface area (Å²) in [7, 11) is 0. The maximum absolute atomic E-state index is 12.2. The molecule has 0 radical (unpaired) electrons. The molecule has 0 bridgehead atoms. The first-order valence-corrected chi connectivity index (χ1v) is 6.76. The van der Waals surface area contributed by atoms with Crippen molar-refractivity contribution in [1.29, 1.82) is 0 Å². The molecule has 0 aliphatic heterocycles. The quantitative estimate of drug-likeness (QED) is 0.818. The summed E-state index contributed by atoms with van der Waals surface area (Å²) >= 11 is 0. The lowest BCUT2D eigenvalue weighted by Crippen LogP contribution is -2.44. The molecule has 20 heavy (non-hydrogen) atoms. The van der Waals surface area contributed by atoms with Crippen molar-refractivity contribution in [3.8, 4) is 0 Å². The van der Waals surface area contributed by atoms with Gasteiger partial charge in [-0.3, -0.25) is 9.59 Å². The number of hydrogen-bond donors (Lipinski definition) is 2. The van der Waals surface area contributed by atoms with E-state index in [0.717, 1.165) is 0 Å². The van der Waals surface area contributed by atoms with Gasteiger partial charge in [-0.1, -0.05) is 30.3 Å². The van der Waals surface area contributed by atoms with E-state index in [1.807, 2.05) is 19.9 Å². The van der Waals surface area contributed by atoms with E-state index in [2.05, 4.69) is 5.32 Å². The van der Waals surface area contributed by atoms with Crippen molar-refractivity contribution in [2.45, 2.75) is 32.9 Å². The minimum Gasteiger partial charge on any atom is -0.378 e. The van der Waals surface area contributed by atoms with Crippen molar-refractivity contribution >= 4 is 11.8 Å². The Morgan fingerprint density at radius 3 is 2.35 bits per heavy atom. The van der Waals surface area contributed by atoms with Crippen LogP contribution in [0, 0.1) is 0 Å². The zero-order valence-electron chi connectivity index (χ0n) is 12.2. The van der Waals surface area contributed by atoms with Crippen LogP contribution >= 0.6 is 0 Å². The van der Waals surface area contributed by atoms with Gasteiger partial charge in [0.25, 0.3) is 5.91 Å². The van der Waals surface area contributed by atoms with Crippen molar-refractivity contribution in [3.05, 3.63) is 35.9 Å². The van der Waals surface area contributed by atoms with E-state index >= 15 is 0 Å². The van der Waals surface area contributed by atoms with Crippen LogP contribution in [0.25, 0.3) is 0 Å². The maximum Gasteiger partial charge on any atom is 0.256 e. The number of nitrogens with zero attached hydrogens (tertiary/aromatic N) is 1. The second kappa shape index (κ2) is 7.65. The fourth-order valence-electron chi connectivity index (χ4n) is 1.84. The summed E-state index contributed by atoms with van der Waals surface area (Å²) in [5.74, 6) is -0.687. The zero-order chi connectivity index (χ0) is 15.1. The van der Waals surface area contributed by atoms with Crippen LogP contribution in [-0.4, -0.2) is 41.0 Å². The molecule has 0 aliphatic rings. The zero-order valence-corrected chi connectivity index (χ0v) is 12.2. The van der Waals surface area contributed by atoms with E-state index in [-0.39, 0.29) is 18.5 Å². The van der Waals surface area contributed by atoms with Crippen molar-refractivity contribution in [2.24, 2.45) is 0 Å². The highest BCUT2D eigenvalue weighted by Gasteiger charge is 2.24. The number of nitrogens with one attached hydrogen (secondary N) is 1. The molecule has 0 saturated heterocycles. The second-order valence-corrected chi connectivity index (χ2v) is 4.89. The van der Waals surface area contributed by atoms with Gasteiger partial charge in [-0.15, -0.1) is 0 Å². The van der Waals surface area contributed by atoms with Crippen LogP contribution in [-0.2, 0) is 9.59 Å². The fraction of sp³-hybridized carbons (Fsp3) is 0.467. The van der Waals surface area contributed by atoms with Gasteiger partial charge >= 0.3 is 0 Å². The predicted octanol–water partition coefficient (Wildman–Crippen LogP) is 1.09. The molecule has 5 nitrogen and oxygen atoms in total. The summed E-state index contributed by atoms with van der Waals surface area (Å²) in [6, 6.07) is 8.72. The summed E-state index contributed by atoms with van der Waals surface area (Å²) in [6.07, 6.45) is -1.23. The van der Waals surface area contributed by atoms with Crippen LogP contribution in [0.2, 0.25) is 0 Å². The van der Waals surface area contributed by atoms with Crippen LogP contribution in [0.1, 0.15) is 32.4 Å². The molecule has 2 amide bonds. The van der Waals surface area contributed by atoms with Gasteiger partial charge < -0.3 is 15.3 Å². The van der Waals surface area contributed by atoms with Gasteiger partial charge in [-0.05, 0) is 26.3 Å². The molecule has 1 aromatic carbocycles. The van der Waals surface area contributed by atoms with Crippen molar-refractivity contribution in [2.75, 3.05) is 13.1 Å². The lowest BCUT2D eigenvalue weighted by atomic mass is 10.1. The predicted molar refractivity (Wildman–Crippen MR) is 76.9 cm³/mol. The molecule has 0 heterocycles. The van der Waals surface area contributed by atoms with Crippen molar-refractivity contribution in [1.82, 2.24) is 10.2 Å². The summed E-state index contributed by atoms with van der Waals surface area (Å²) in [5.41, 5.74) is 0.528. The monoisotopic (exact) mass is 278 g/mol. The fourth-order valence-corrected chi connectivity index (χ4v) is 1.84. The Labute approximate surface area is 119 Å². The molecule has 1 aromatic rings. The highest BCUT2D eigenvalue weighted by atomic mass is 16.3. The lowest BCUT2D eigenvalue weighted by Gasteiger charge is -2.24. The number of rotatable bonds is 6. The normalized spacial score (nSPS) is 12.1. The first-order chi connectivity index (χ1) is 9.45. The molecular weight excluding hydrogens is 256 g/mol. The first kappa shape index (κ1) is 16.2. The third-order valence-corrected chi connectivity index (χ3v) is 2.83. The van der Waals surface area contributed by atoms with Gasteiger partial charge in [0, 0.05) is 12.6 Å². The number of carbonyl (C=O) groups excluding carboxylic acids is 2. The summed E-state index contributed by atoms with van der Waals surface area (Å²) in [5, 5.41) is 12.8. The third kappa shape index (κ3) is 4.66. The molecule has 0 aromatic heterocycles. The maximum atomic E-state index is 12.2. The minimum absolute atomic E-state index is 0.0235. The summed E-state index contributed by atoms with van der Waals surface area (Å²) < 4.78 is 0. The molecule has 2 N–H and O–H groups in total. The van der Waals surface area contributed by atoms with Gasteiger partial charge in [0.1, 0.15) is 0 Å². The molecule has 0 saturated carbocycles. The van der Waals surface area contributed by atoms with Crippen molar-refractivity contribution < 1.29 is 14.7 Å². The van der Waals surface area contributed by atoms with Crippen LogP contribution in [0.15, 0.2) is 30.3 Å². The highest BCUT2D eigenvalue weighted by molar-refractivity contribution is 5.87. The van der Waals surface area contributed by atoms with Gasteiger partial charge in [-0.25, -0.2) is 0 Å². The Morgan fingerprint density at radius 2 is 1.85 bits per heavy atom. The average Bonchev–Trinajstić information content (AvgIpc) is 2.43. The number of aliphatic hydroxyl groups is 1. The van der Waals surface area contributed by atoms with Crippen LogP contribution < -0.4 is 5.32 Å². The smallest absolute Gasteiger partial charge is 0.256 e. The van der Waals surface area contributed by atoms with Crippen LogP contribution in [0.3, 0.4) is 0 Å². The van der Waals surface area contributed by atoms with Crippen molar-refractivity contribution in [3.63, 3.8) is 0 Å². The van der Waals surface area contributed by atoms with E-state index in [0.29, 0.717) is 12.1 Å². The molecule has 5 heteroatoms. The molecule has 0 aliphatic carbocycles. The second-order valence-electron chi connectivity index (χ2n) is 4.89. The molecule has 1 unspecified atom stereocenters. The SMILES string of the molecule is CCN(CC(=O)NC(C)C)C(=O)C(O)c1ccccc1. The number of likely N-dealkylation sites (N-methyl/N-ethyl adjacent to an activating group) is 1. The average molecular weight is 278 g/mol. The van der Waals surface area contributed by atoms with Crippen LogP contribution in [0.5, 0.6) is 0 Å². The summed E-state index contributed by atoms with van der Waals surface area (Å²) in [6.45, 7) is 5.81. The number of hydrogen-bond acceptors (Lipinski definition) is 3. The van der Waals surface area contributed by atoms with Gasteiger partial charge in [0.15, 0.2) is 6.10 Å². The number of carbonyl (C=O) groups is 2. The molecule has 0 spiro atoms. The Bertz CT molecular complexity index is 446. The van der Waals surface area contributed by atoms with E-state index < -0.39 is 12.0 Å². The standard InChI is InChI=1S/C15H22N2O3/c1-4-17(10-13(18)16-11(2)3)15(20)14(19)12-8-6-5-7-9-12/h5-9,11,14,19H,4,10H2,1-3H3,(H,16,18). The van der Waals surface area contributed by atoms with E-state index in [9.17, 15) is 14.7 Å². The Balaban J connectivity index is 2.69. The van der Waals surface area contributed by atoms with Crippen LogP contribution in [0.4, 0.5) is 0 Å².